The van der Waals surface area contributed by atoms with E-state index in [9.17, 15) is 24.0 Å². The summed E-state index contributed by atoms with van der Waals surface area (Å²) in [5.41, 5.74) is 0. The molecule has 0 aromatic rings. The van der Waals surface area contributed by atoms with Crippen LogP contribution in [0.15, 0.2) is 0 Å². The molecule has 0 aliphatic heterocycles. The van der Waals surface area contributed by atoms with E-state index in [4.69, 9.17) is 5.11 Å². The molecule has 0 saturated heterocycles. The molecular formula is C14H23N3O7S. The third-order valence-electron chi connectivity index (χ3n) is 2.88. The van der Waals surface area contributed by atoms with E-state index in [1.807, 2.05) is 0 Å². The Kier molecular flexibility index (Phi) is 11.0. The average Bonchev–Trinajstić information content (AvgIpc) is 2.53. The Morgan fingerprint density at radius 3 is 2.24 bits per heavy atom. The number of nitrogens with one attached hydrogen (secondary N) is 3. The molecule has 0 spiro atoms. The number of hydrogen-bond acceptors (Lipinski definition) is 7. The molecule has 2 atom stereocenters. The molecule has 0 aromatic carbocycles. The zero-order valence-corrected chi connectivity index (χ0v) is 14.9. The van der Waals surface area contributed by atoms with Gasteiger partial charge in [0, 0.05) is 19.1 Å². The van der Waals surface area contributed by atoms with Gasteiger partial charge in [-0.2, -0.15) is 12.6 Å². The van der Waals surface area contributed by atoms with Crippen molar-refractivity contribution in [2.24, 2.45) is 0 Å². The van der Waals surface area contributed by atoms with Crippen LogP contribution in [0.25, 0.3) is 0 Å². The van der Waals surface area contributed by atoms with Gasteiger partial charge in [0.05, 0.1) is 6.61 Å². The summed E-state index contributed by atoms with van der Waals surface area (Å²) >= 11 is 3.96. The Morgan fingerprint density at radius 1 is 1.12 bits per heavy atom. The van der Waals surface area contributed by atoms with Crippen molar-refractivity contribution in [3.8, 4) is 0 Å². The van der Waals surface area contributed by atoms with Gasteiger partial charge in [0.1, 0.15) is 18.6 Å². The van der Waals surface area contributed by atoms with Crippen LogP contribution in [0, 0.1) is 0 Å². The van der Waals surface area contributed by atoms with Gasteiger partial charge in [-0.15, -0.1) is 0 Å². The molecule has 3 amide bonds. The summed E-state index contributed by atoms with van der Waals surface area (Å²) in [5, 5.41) is 15.8. The number of hydrogen-bond donors (Lipinski definition) is 5. The molecule has 10 nitrogen and oxygen atoms in total. The zero-order chi connectivity index (χ0) is 19.4. The van der Waals surface area contributed by atoms with Crippen molar-refractivity contribution in [3.05, 3.63) is 0 Å². The van der Waals surface area contributed by atoms with Gasteiger partial charge in [-0.3, -0.25) is 19.2 Å². The SMILES string of the molecule is CCOC(=O)CNC(=O)C(CS)NC(=O)CCC(NC(C)=O)C(=O)O. The predicted molar refractivity (Wildman–Crippen MR) is 89.9 cm³/mol. The summed E-state index contributed by atoms with van der Waals surface area (Å²) in [4.78, 5) is 56.8. The summed E-state index contributed by atoms with van der Waals surface area (Å²) in [6, 6.07) is -2.19. The van der Waals surface area contributed by atoms with Crippen molar-refractivity contribution in [1.29, 1.82) is 0 Å². The predicted octanol–water partition coefficient (Wildman–Crippen LogP) is -1.55. The van der Waals surface area contributed by atoms with Crippen molar-refractivity contribution in [1.82, 2.24) is 16.0 Å². The van der Waals surface area contributed by atoms with Gasteiger partial charge in [0.15, 0.2) is 0 Å². The van der Waals surface area contributed by atoms with Crippen LogP contribution in [-0.2, 0) is 28.7 Å². The van der Waals surface area contributed by atoms with Crippen LogP contribution in [0.2, 0.25) is 0 Å². The highest BCUT2D eigenvalue weighted by Crippen LogP contribution is 2.00. The summed E-state index contributed by atoms with van der Waals surface area (Å²) in [5.74, 6) is -3.62. The minimum atomic E-state index is -1.26. The highest BCUT2D eigenvalue weighted by Gasteiger charge is 2.23. The maximum atomic E-state index is 11.9. The number of amides is 3. The lowest BCUT2D eigenvalue weighted by Crippen LogP contribution is -2.49. The molecule has 2 unspecified atom stereocenters. The third-order valence-corrected chi connectivity index (χ3v) is 3.25. The first-order chi connectivity index (χ1) is 11.7. The molecular weight excluding hydrogens is 354 g/mol. The number of carbonyl (C=O) groups excluding carboxylic acids is 4. The fourth-order valence-electron chi connectivity index (χ4n) is 1.73. The van der Waals surface area contributed by atoms with E-state index in [1.54, 1.807) is 6.92 Å². The van der Waals surface area contributed by atoms with Gasteiger partial charge in [-0.25, -0.2) is 4.79 Å². The van der Waals surface area contributed by atoms with Crippen molar-refractivity contribution in [2.45, 2.75) is 38.8 Å². The van der Waals surface area contributed by atoms with Gasteiger partial charge >= 0.3 is 11.9 Å². The van der Waals surface area contributed by atoms with Crippen LogP contribution >= 0.6 is 12.6 Å². The first-order valence-electron chi connectivity index (χ1n) is 7.54. The molecule has 0 aromatic heterocycles. The van der Waals surface area contributed by atoms with Crippen molar-refractivity contribution in [2.75, 3.05) is 18.9 Å². The first-order valence-corrected chi connectivity index (χ1v) is 8.17. The Hall–Kier alpha value is -2.30. The van der Waals surface area contributed by atoms with Crippen molar-refractivity contribution >= 4 is 42.3 Å². The Bertz CT molecular complexity index is 513. The van der Waals surface area contributed by atoms with Crippen LogP contribution in [0.1, 0.15) is 26.7 Å². The Balaban J connectivity index is 4.43. The van der Waals surface area contributed by atoms with Crippen LogP contribution < -0.4 is 16.0 Å². The highest BCUT2D eigenvalue weighted by molar-refractivity contribution is 7.80. The van der Waals surface area contributed by atoms with Crippen LogP contribution in [0.3, 0.4) is 0 Å². The second-order valence-corrected chi connectivity index (χ2v) is 5.32. The van der Waals surface area contributed by atoms with Gasteiger partial charge < -0.3 is 25.8 Å². The van der Waals surface area contributed by atoms with Crippen LogP contribution in [0.4, 0.5) is 0 Å². The van der Waals surface area contributed by atoms with E-state index >= 15 is 0 Å². The largest absolute Gasteiger partial charge is 0.480 e. The maximum absolute atomic E-state index is 11.9. The summed E-state index contributed by atoms with van der Waals surface area (Å²) in [6.07, 6.45) is -0.350. The molecule has 142 valence electrons. The second-order valence-electron chi connectivity index (χ2n) is 4.96. The van der Waals surface area contributed by atoms with Gasteiger partial charge in [-0.1, -0.05) is 0 Å². The number of rotatable bonds is 11. The number of thiol groups is 1. The first kappa shape index (κ1) is 22.7. The molecule has 4 N–H and O–H groups in total. The number of carboxylic acids is 1. The zero-order valence-electron chi connectivity index (χ0n) is 14.0. The molecule has 0 rings (SSSR count). The molecule has 25 heavy (non-hydrogen) atoms. The molecule has 0 radical (unpaired) electrons. The van der Waals surface area contributed by atoms with Crippen molar-refractivity contribution in [3.63, 3.8) is 0 Å². The molecule has 0 aliphatic rings. The van der Waals surface area contributed by atoms with E-state index in [1.165, 1.54) is 6.92 Å². The number of esters is 1. The summed E-state index contributed by atoms with van der Waals surface area (Å²) in [6.45, 7) is 2.64. The van der Waals surface area contributed by atoms with Gasteiger partial charge in [-0.05, 0) is 13.3 Å². The third kappa shape index (κ3) is 10.2. The van der Waals surface area contributed by atoms with Crippen molar-refractivity contribution < 1.29 is 33.8 Å². The lowest BCUT2D eigenvalue weighted by molar-refractivity contribution is -0.143. The van der Waals surface area contributed by atoms with E-state index in [-0.39, 0.29) is 31.7 Å². The number of carbonyl (C=O) groups is 5. The topological polar surface area (TPSA) is 151 Å². The van der Waals surface area contributed by atoms with E-state index < -0.39 is 41.7 Å². The summed E-state index contributed by atoms with van der Waals surface area (Å²) in [7, 11) is 0. The normalized spacial score (nSPS) is 12.4. The van der Waals surface area contributed by atoms with Crippen LogP contribution in [0.5, 0.6) is 0 Å². The average molecular weight is 377 g/mol. The highest BCUT2D eigenvalue weighted by atomic mass is 32.1. The van der Waals surface area contributed by atoms with E-state index in [2.05, 4.69) is 33.3 Å². The minimum Gasteiger partial charge on any atom is -0.480 e. The lowest BCUT2D eigenvalue weighted by atomic mass is 10.1. The molecule has 0 fully saturated rings. The maximum Gasteiger partial charge on any atom is 0.326 e. The lowest BCUT2D eigenvalue weighted by Gasteiger charge is -2.17. The van der Waals surface area contributed by atoms with Crippen LogP contribution in [-0.4, -0.2) is 65.8 Å². The number of carboxylic acid groups (broad SMARTS) is 1. The monoisotopic (exact) mass is 377 g/mol. The second kappa shape index (κ2) is 12.1. The fraction of sp³-hybridized carbons (Fsp3) is 0.643. The minimum absolute atomic E-state index is 0.0194. The quantitative estimate of drug-likeness (QED) is 0.216. The standard InChI is InChI=1S/C14H23N3O7S/c1-3-24-12(20)6-15-13(21)10(7-25)17-11(19)5-4-9(14(22)23)16-8(2)18/h9-10,25H,3-7H2,1-2H3,(H,15,21)(H,16,18)(H,17,19)(H,22,23). The smallest absolute Gasteiger partial charge is 0.326 e. The Morgan fingerprint density at radius 2 is 1.76 bits per heavy atom. The molecule has 0 bridgehead atoms. The van der Waals surface area contributed by atoms with Gasteiger partial charge in [0.2, 0.25) is 17.7 Å². The fourth-order valence-corrected chi connectivity index (χ4v) is 1.99. The number of ether oxygens (including phenoxy) is 1. The Labute approximate surface area is 150 Å². The molecule has 0 heterocycles. The molecule has 0 saturated carbocycles. The molecule has 0 aliphatic carbocycles. The van der Waals surface area contributed by atoms with E-state index in [0.29, 0.717) is 0 Å². The summed E-state index contributed by atoms with van der Waals surface area (Å²) < 4.78 is 4.66. The number of aliphatic carboxylic acids is 1. The molecule has 11 heteroatoms. The van der Waals surface area contributed by atoms with Gasteiger partial charge in [0.25, 0.3) is 0 Å². The van der Waals surface area contributed by atoms with E-state index in [0.717, 1.165) is 0 Å².